The largest absolute Gasteiger partial charge is 0.467 e. The van der Waals surface area contributed by atoms with Gasteiger partial charge in [-0.2, -0.15) is 0 Å². The number of carbonyl (C=O) groups excluding carboxylic acids is 2. The van der Waals surface area contributed by atoms with Gasteiger partial charge >= 0.3 is 5.97 Å². The smallest absolute Gasteiger partial charge is 0.333 e. The minimum absolute atomic E-state index is 0.119. The molecule has 5 rings (SSSR count). The fourth-order valence-electron chi connectivity index (χ4n) is 10.1. The highest BCUT2D eigenvalue weighted by molar-refractivity contribution is 5.95. The molecule has 3 fully saturated rings. The van der Waals surface area contributed by atoms with Gasteiger partial charge in [0.1, 0.15) is 0 Å². The molecule has 0 radical (unpaired) electrons. The number of esters is 1. The molecule has 42 heavy (non-hydrogen) atoms. The van der Waals surface area contributed by atoms with Gasteiger partial charge in [0, 0.05) is 5.57 Å². The van der Waals surface area contributed by atoms with Gasteiger partial charge in [0.2, 0.25) is 5.91 Å². The van der Waals surface area contributed by atoms with E-state index in [0.29, 0.717) is 46.1 Å². The van der Waals surface area contributed by atoms with E-state index in [1.165, 1.54) is 45.6 Å². The highest BCUT2D eigenvalue weighted by atomic mass is 16.5. The lowest BCUT2D eigenvalue weighted by Gasteiger charge is -2.61. The fraction of sp³-hybridized carbons (Fsp3) is 0.676. The second-order valence-electron chi connectivity index (χ2n) is 14.6. The number of ether oxygens (including phenoxy) is 1. The van der Waals surface area contributed by atoms with Crippen molar-refractivity contribution >= 4 is 11.9 Å². The van der Waals surface area contributed by atoms with Gasteiger partial charge < -0.3 is 15.2 Å². The Hall–Kier alpha value is -2.40. The maximum atomic E-state index is 13.0. The van der Waals surface area contributed by atoms with Gasteiger partial charge in [-0.05, 0) is 117 Å². The zero-order valence-corrected chi connectivity index (χ0v) is 26.7. The second-order valence-corrected chi connectivity index (χ2v) is 14.6. The minimum atomic E-state index is -0.816. The number of benzene rings is 1. The van der Waals surface area contributed by atoms with Crippen LogP contribution < -0.4 is 5.32 Å². The molecule has 0 saturated heterocycles. The number of amides is 1. The van der Waals surface area contributed by atoms with Crippen LogP contribution in [-0.4, -0.2) is 30.2 Å². The van der Waals surface area contributed by atoms with Gasteiger partial charge in [-0.1, -0.05) is 75.8 Å². The van der Waals surface area contributed by atoms with Crippen molar-refractivity contribution in [3.05, 3.63) is 59.2 Å². The van der Waals surface area contributed by atoms with Crippen molar-refractivity contribution in [2.24, 2.45) is 46.3 Å². The first-order valence-electron chi connectivity index (χ1n) is 16.5. The number of hydrogen-bond acceptors (Lipinski definition) is 4. The van der Waals surface area contributed by atoms with Crippen LogP contribution in [0.3, 0.4) is 0 Å². The summed E-state index contributed by atoms with van der Waals surface area (Å²) in [6, 6.07) is 8.42. The monoisotopic (exact) mass is 575 g/mol. The molecule has 0 aromatic heterocycles. The van der Waals surface area contributed by atoms with Crippen LogP contribution >= 0.6 is 0 Å². The number of fused-ring (bicyclic) bond motifs is 5. The Balaban J connectivity index is 1.19. The number of carbonyl (C=O) groups is 2. The lowest BCUT2D eigenvalue weighted by molar-refractivity contribution is -0.144. The molecule has 10 atom stereocenters. The lowest BCUT2D eigenvalue weighted by atomic mass is 9.44. The Labute approximate surface area is 253 Å². The van der Waals surface area contributed by atoms with Crippen LogP contribution in [0.5, 0.6) is 0 Å². The Morgan fingerprint density at radius 1 is 1.10 bits per heavy atom. The standard InChI is InChI=1S/C37H53NO4/c1-23(11-10-12-24(2)34(40)38-33(35(41)42-6)26-13-8-7-9-14-26)28-17-18-30-27-15-16-29-25(3)32(39)20-22-37(29,5)31(27)19-21-36(28,30)4/h7-9,12-14,18,23,25,27-29,31-33,39H,10-11,15-17,19-22H2,1-6H3,(H,38,40)/b24-12+/t23-,25+,27+,28-,29+,31+,32+,33+,36-,37+/m1/s1. The van der Waals surface area contributed by atoms with Crippen LogP contribution in [0.1, 0.15) is 104 Å². The van der Waals surface area contributed by atoms with Crippen molar-refractivity contribution in [1.29, 1.82) is 0 Å². The average molecular weight is 576 g/mol. The summed E-state index contributed by atoms with van der Waals surface area (Å²) in [6.07, 6.45) is 14.9. The highest BCUT2D eigenvalue weighted by Crippen LogP contribution is 2.67. The van der Waals surface area contributed by atoms with Gasteiger partial charge in [-0.15, -0.1) is 0 Å². The van der Waals surface area contributed by atoms with Crippen molar-refractivity contribution in [2.75, 3.05) is 7.11 Å². The van der Waals surface area contributed by atoms with E-state index in [9.17, 15) is 14.7 Å². The molecule has 1 aromatic rings. The molecule has 0 heterocycles. The molecule has 2 N–H and O–H groups in total. The topological polar surface area (TPSA) is 75.6 Å². The summed E-state index contributed by atoms with van der Waals surface area (Å²) in [7, 11) is 1.35. The number of methoxy groups -OCH3 is 1. The Kier molecular flexibility index (Phi) is 9.09. The summed E-state index contributed by atoms with van der Waals surface area (Å²) in [5.41, 5.74) is 3.76. The molecule has 0 unspecified atom stereocenters. The van der Waals surface area contributed by atoms with Crippen molar-refractivity contribution in [3.8, 4) is 0 Å². The van der Waals surface area contributed by atoms with Crippen LogP contribution in [0, 0.1) is 46.3 Å². The van der Waals surface area contributed by atoms with E-state index in [-0.39, 0.29) is 17.4 Å². The Morgan fingerprint density at radius 3 is 2.55 bits per heavy atom. The van der Waals surface area contributed by atoms with Gasteiger partial charge in [-0.3, -0.25) is 4.79 Å². The summed E-state index contributed by atoms with van der Waals surface area (Å²) < 4.78 is 4.96. The van der Waals surface area contributed by atoms with Gasteiger partial charge in [0.25, 0.3) is 0 Å². The fourth-order valence-corrected chi connectivity index (χ4v) is 10.1. The molecule has 4 aliphatic rings. The van der Waals surface area contributed by atoms with E-state index >= 15 is 0 Å². The SMILES string of the molecule is COC(=O)[C@@H](NC(=O)/C(C)=C/CC[C@@H](C)[C@H]1CC=C2[C@@H]3CC[C@H]4[C@H](C)[C@@H](O)CC[C@]4(C)[C@H]3CC[C@@]21C)c1ccccc1. The van der Waals surface area contributed by atoms with Gasteiger partial charge in [0.15, 0.2) is 6.04 Å². The second kappa shape index (κ2) is 12.3. The van der Waals surface area contributed by atoms with E-state index < -0.39 is 12.0 Å². The molecular weight excluding hydrogens is 522 g/mol. The van der Waals surface area contributed by atoms with Gasteiger partial charge in [0.05, 0.1) is 13.2 Å². The first-order chi connectivity index (χ1) is 20.0. The third kappa shape index (κ3) is 5.51. The third-order valence-electron chi connectivity index (χ3n) is 12.6. The minimum Gasteiger partial charge on any atom is -0.467 e. The van der Waals surface area contributed by atoms with E-state index in [4.69, 9.17) is 4.74 Å². The predicted molar refractivity (Wildman–Crippen MR) is 167 cm³/mol. The number of rotatable bonds is 8. The molecule has 0 spiro atoms. The number of aliphatic hydroxyl groups excluding tert-OH is 1. The summed E-state index contributed by atoms with van der Waals surface area (Å²) >= 11 is 0. The van der Waals surface area contributed by atoms with Crippen molar-refractivity contribution < 1.29 is 19.4 Å². The molecule has 4 aliphatic carbocycles. The third-order valence-corrected chi connectivity index (χ3v) is 12.6. The zero-order valence-electron chi connectivity index (χ0n) is 26.7. The molecule has 0 bridgehead atoms. The summed E-state index contributed by atoms with van der Waals surface area (Å²) in [4.78, 5) is 25.4. The maximum absolute atomic E-state index is 13.0. The van der Waals surface area contributed by atoms with Crippen molar-refractivity contribution in [3.63, 3.8) is 0 Å². The molecule has 230 valence electrons. The van der Waals surface area contributed by atoms with E-state index in [1.54, 1.807) is 5.57 Å². The maximum Gasteiger partial charge on any atom is 0.333 e. The molecule has 3 saturated carbocycles. The Morgan fingerprint density at radius 2 is 1.83 bits per heavy atom. The first kappa shape index (κ1) is 31.0. The zero-order chi connectivity index (χ0) is 30.2. The molecule has 1 aromatic carbocycles. The molecule has 5 nitrogen and oxygen atoms in total. The molecule has 0 aliphatic heterocycles. The number of aliphatic hydroxyl groups is 1. The first-order valence-corrected chi connectivity index (χ1v) is 16.5. The summed E-state index contributed by atoms with van der Waals surface area (Å²) in [5.74, 6) is 3.06. The highest BCUT2D eigenvalue weighted by Gasteiger charge is 2.59. The number of nitrogens with one attached hydrogen (secondary N) is 1. The molecular formula is C37H53NO4. The summed E-state index contributed by atoms with van der Waals surface area (Å²) in [5, 5.41) is 13.5. The average Bonchev–Trinajstić information content (AvgIpc) is 3.35. The van der Waals surface area contributed by atoms with Crippen LogP contribution in [0.15, 0.2) is 53.6 Å². The lowest BCUT2D eigenvalue weighted by Crippen LogP contribution is -2.54. The summed E-state index contributed by atoms with van der Waals surface area (Å²) in [6.45, 7) is 11.7. The van der Waals surface area contributed by atoms with E-state index in [1.807, 2.05) is 43.3 Å². The van der Waals surface area contributed by atoms with Crippen LogP contribution in [0.2, 0.25) is 0 Å². The molecule has 1 amide bonds. The quantitative estimate of drug-likeness (QED) is 0.190. The Bertz CT molecular complexity index is 1210. The van der Waals surface area contributed by atoms with E-state index in [2.05, 4.69) is 39.1 Å². The van der Waals surface area contributed by atoms with Crippen LogP contribution in [0.25, 0.3) is 0 Å². The van der Waals surface area contributed by atoms with Crippen LogP contribution in [0.4, 0.5) is 0 Å². The molecule has 5 heteroatoms. The van der Waals surface area contributed by atoms with Crippen molar-refractivity contribution in [1.82, 2.24) is 5.32 Å². The number of allylic oxidation sites excluding steroid dienone is 3. The van der Waals surface area contributed by atoms with Gasteiger partial charge in [-0.25, -0.2) is 4.79 Å². The number of hydrogen-bond donors (Lipinski definition) is 2. The van der Waals surface area contributed by atoms with Crippen LogP contribution in [-0.2, 0) is 14.3 Å². The van der Waals surface area contributed by atoms with E-state index in [0.717, 1.165) is 25.2 Å². The van der Waals surface area contributed by atoms with Crippen molar-refractivity contribution in [2.45, 2.75) is 105 Å². The normalized spacial score (nSPS) is 37.4. The predicted octanol–water partition coefficient (Wildman–Crippen LogP) is 7.57.